The third-order valence-electron chi connectivity index (χ3n) is 2.01. The zero-order valence-electron chi connectivity index (χ0n) is 8.36. The Labute approximate surface area is 87.8 Å². The summed E-state index contributed by atoms with van der Waals surface area (Å²) in [5, 5.41) is 13.9. The number of carboxylic acids is 1. The molecular formula is C10H15NO2S. The Hall–Kier alpha value is -0.870. The van der Waals surface area contributed by atoms with Crippen LogP contribution in [-0.2, 0) is 11.3 Å². The summed E-state index contributed by atoms with van der Waals surface area (Å²) in [5.41, 5.74) is 0. The van der Waals surface area contributed by atoms with Crippen molar-refractivity contribution in [2.45, 2.75) is 26.4 Å². The molecule has 0 aliphatic carbocycles. The lowest BCUT2D eigenvalue weighted by molar-refractivity contribution is -0.140. The van der Waals surface area contributed by atoms with Gasteiger partial charge in [0.05, 0.1) is 0 Å². The molecule has 4 heteroatoms. The molecule has 0 spiro atoms. The minimum Gasteiger partial charge on any atom is -0.480 e. The van der Waals surface area contributed by atoms with Gasteiger partial charge in [0.1, 0.15) is 6.04 Å². The molecule has 0 aliphatic heterocycles. The van der Waals surface area contributed by atoms with Crippen molar-refractivity contribution in [3.8, 4) is 0 Å². The number of rotatable bonds is 5. The number of hydrogen-bond donors (Lipinski definition) is 2. The molecule has 1 atom stereocenters. The number of thiophene rings is 1. The van der Waals surface area contributed by atoms with E-state index in [9.17, 15) is 4.79 Å². The average molecular weight is 213 g/mol. The van der Waals surface area contributed by atoms with Crippen LogP contribution in [0.25, 0.3) is 0 Å². The van der Waals surface area contributed by atoms with Crippen LogP contribution >= 0.6 is 11.3 Å². The van der Waals surface area contributed by atoms with E-state index in [1.807, 2.05) is 31.4 Å². The zero-order chi connectivity index (χ0) is 10.6. The van der Waals surface area contributed by atoms with Gasteiger partial charge in [-0.3, -0.25) is 10.1 Å². The van der Waals surface area contributed by atoms with Gasteiger partial charge in [0.2, 0.25) is 0 Å². The van der Waals surface area contributed by atoms with Gasteiger partial charge >= 0.3 is 5.97 Å². The molecular weight excluding hydrogens is 198 g/mol. The second-order valence-corrected chi connectivity index (χ2v) is 4.55. The molecule has 0 aliphatic rings. The maximum atomic E-state index is 10.8. The smallest absolute Gasteiger partial charge is 0.320 e. The van der Waals surface area contributed by atoms with E-state index in [0.29, 0.717) is 6.54 Å². The van der Waals surface area contributed by atoms with Crippen molar-refractivity contribution in [3.05, 3.63) is 22.4 Å². The van der Waals surface area contributed by atoms with E-state index < -0.39 is 12.0 Å². The Bertz CT molecular complexity index is 282. The highest BCUT2D eigenvalue weighted by Gasteiger charge is 2.20. The minimum absolute atomic E-state index is 0.104. The van der Waals surface area contributed by atoms with Gasteiger partial charge in [-0.2, -0.15) is 0 Å². The summed E-state index contributed by atoms with van der Waals surface area (Å²) in [4.78, 5) is 12.0. The van der Waals surface area contributed by atoms with Gasteiger partial charge in [0.25, 0.3) is 0 Å². The number of carbonyl (C=O) groups is 1. The molecule has 0 saturated heterocycles. The van der Waals surface area contributed by atoms with Crippen LogP contribution in [0.15, 0.2) is 17.5 Å². The van der Waals surface area contributed by atoms with Crippen molar-refractivity contribution in [1.82, 2.24) is 5.32 Å². The monoisotopic (exact) mass is 213 g/mol. The maximum absolute atomic E-state index is 10.8. The van der Waals surface area contributed by atoms with Crippen LogP contribution in [0.1, 0.15) is 18.7 Å². The Balaban J connectivity index is 2.45. The minimum atomic E-state index is -0.781. The Morgan fingerprint density at radius 1 is 1.64 bits per heavy atom. The van der Waals surface area contributed by atoms with Crippen LogP contribution in [0, 0.1) is 5.92 Å². The van der Waals surface area contributed by atoms with E-state index in [1.165, 1.54) is 0 Å². The van der Waals surface area contributed by atoms with Crippen molar-refractivity contribution in [1.29, 1.82) is 0 Å². The van der Waals surface area contributed by atoms with E-state index in [2.05, 4.69) is 5.32 Å². The first-order chi connectivity index (χ1) is 6.61. The largest absolute Gasteiger partial charge is 0.480 e. The van der Waals surface area contributed by atoms with Gasteiger partial charge in [-0.15, -0.1) is 11.3 Å². The first-order valence-corrected chi connectivity index (χ1v) is 5.48. The summed E-state index contributed by atoms with van der Waals surface area (Å²) < 4.78 is 0. The fourth-order valence-corrected chi connectivity index (χ4v) is 1.89. The first-order valence-electron chi connectivity index (χ1n) is 4.60. The summed E-state index contributed by atoms with van der Waals surface area (Å²) in [5.74, 6) is -0.677. The SMILES string of the molecule is CC(C)C(NCc1cccs1)C(=O)O. The number of nitrogens with one attached hydrogen (secondary N) is 1. The Morgan fingerprint density at radius 3 is 2.79 bits per heavy atom. The van der Waals surface area contributed by atoms with Crippen LogP contribution in [0.5, 0.6) is 0 Å². The van der Waals surface area contributed by atoms with Crippen molar-refractivity contribution in [2.24, 2.45) is 5.92 Å². The highest BCUT2D eigenvalue weighted by molar-refractivity contribution is 7.09. The molecule has 0 fully saturated rings. The van der Waals surface area contributed by atoms with E-state index >= 15 is 0 Å². The summed E-state index contributed by atoms with van der Waals surface area (Å²) in [6.45, 7) is 4.44. The van der Waals surface area contributed by atoms with Gasteiger partial charge in [-0.1, -0.05) is 19.9 Å². The number of aliphatic carboxylic acids is 1. The van der Waals surface area contributed by atoms with Crippen molar-refractivity contribution in [2.75, 3.05) is 0 Å². The lowest BCUT2D eigenvalue weighted by atomic mass is 10.1. The molecule has 14 heavy (non-hydrogen) atoms. The Kier molecular flexibility index (Phi) is 4.10. The highest BCUT2D eigenvalue weighted by Crippen LogP contribution is 2.09. The number of hydrogen-bond acceptors (Lipinski definition) is 3. The van der Waals surface area contributed by atoms with Crippen LogP contribution in [0.3, 0.4) is 0 Å². The predicted molar refractivity (Wildman–Crippen MR) is 57.4 cm³/mol. The van der Waals surface area contributed by atoms with Gasteiger partial charge in [-0.05, 0) is 17.4 Å². The summed E-state index contributed by atoms with van der Waals surface area (Å²) in [6, 6.07) is 3.50. The van der Waals surface area contributed by atoms with E-state index in [-0.39, 0.29) is 5.92 Å². The standard InChI is InChI=1S/C10H15NO2S/c1-7(2)9(10(12)13)11-6-8-4-3-5-14-8/h3-5,7,9,11H,6H2,1-2H3,(H,12,13). The molecule has 0 saturated carbocycles. The quantitative estimate of drug-likeness (QED) is 0.786. The van der Waals surface area contributed by atoms with Crippen LogP contribution in [-0.4, -0.2) is 17.1 Å². The van der Waals surface area contributed by atoms with Crippen LogP contribution in [0.4, 0.5) is 0 Å². The molecule has 0 aromatic carbocycles. The van der Waals surface area contributed by atoms with Gasteiger partial charge in [0, 0.05) is 11.4 Å². The van der Waals surface area contributed by atoms with Gasteiger partial charge in [-0.25, -0.2) is 0 Å². The van der Waals surface area contributed by atoms with Gasteiger partial charge in [0.15, 0.2) is 0 Å². The maximum Gasteiger partial charge on any atom is 0.320 e. The second kappa shape index (κ2) is 5.12. The molecule has 0 radical (unpaired) electrons. The average Bonchev–Trinajstić information content (AvgIpc) is 2.55. The first kappa shape index (κ1) is 11.2. The normalized spacial score (nSPS) is 13.1. The summed E-state index contributed by atoms with van der Waals surface area (Å²) in [6.07, 6.45) is 0. The molecule has 2 N–H and O–H groups in total. The van der Waals surface area contributed by atoms with Crippen molar-refractivity contribution in [3.63, 3.8) is 0 Å². The van der Waals surface area contributed by atoms with Gasteiger partial charge < -0.3 is 5.11 Å². The van der Waals surface area contributed by atoms with E-state index in [0.717, 1.165) is 4.88 Å². The summed E-state index contributed by atoms with van der Waals surface area (Å²) >= 11 is 1.63. The third-order valence-corrected chi connectivity index (χ3v) is 2.89. The third kappa shape index (κ3) is 3.12. The lowest BCUT2D eigenvalue weighted by Gasteiger charge is -2.17. The molecule has 0 amide bonds. The Morgan fingerprint density at radius 2 is 2.36 bits per heavy atom. The second-order valence-electron chi connectivity index (χ2n) is 3.52. The van der Waals surface area contributed by atoms with E-state index in [1.54, 1.807) is 11.3 Å². The molecule has 0 bridgehead atoms. The molecule has 1 unspecified atom stereocenters. The predicted octanol–water partition coefficient (Wildman–Crippen LogP) is 1.95. The highest BCUT2D eigenvalue weighted by atomic mass is 32.1. The van der Waals surface area contributed by atoms with E-state index in [4.69, 9.17) is 5.11 Å². The van der Waals surface area contributed by atoms with Crippen molar-refractivity contribution < 1.29 is 9.90 Å². The van der Waals surface area contributed by atoms with Crippen LogP contribution in [0.2, 0.25) is 0 Å². The number of carboxylic acid groups (broad SMARTS) is 1. The molecule has 1 heterocycles. The molecule has 1 rings (SSSR count). The fourth-order valence-electron chi connectivity index (χ4n) is 1.23. The molecule has 3 nitrogen and oxygen atoms in total. The fraction of sp³-hybridized carbons (Fsp3) is 0.500. The van der Waals surface area contributed by atoms with Crippen LogP contribution < -0.4 is 5.32 Å². The molecule has 1 aromatic heterocycles. The topological polar surface area (TPSA) is 49.3 Å². The summed E-state index contributed by atoms with van der Waals surface area (Å²) in [7, 11) is 0. The molecule has 1 aromatic rings. The zero-order valence-corrected chi connectivity index (χ0v) is 9.17. The van der Waals surface area contributed by atoms with Crippen molar-refractivity contribution >= 4 is 17.3 Å². The lowest BCUT2D eigenvalue weighted by Crippen LogP contribution is -2.40. The molecule has 78 valence electrons.